The first-order valence-corrected chi connectivity index (χ1v) is 12.6. The molecule has 0 saturated carbocycles. The van der Waals surface area contributed by atoms with Crippen LogP contribution in [-0.2, 0) is 39.3 Å². The summed E-state index contributed by atoms with van der Waals surface area (Å²) in [5, 5.41) is 3.76. The molecule has 0 fully saturated rings. The van der Waals surface area contributed by atoms with Gasteiger partial charge in [0.15, 0.2) is 0 Å². The van der Waals surface area contributed by atoms with Crippen LogP contribution in [0.4, 0.5) is 0 Å². The number of rotatable bonds is 11. The van der Waals surface area contributed by atoms with Crippen LogP contribution >= 0.6 is 0 Å². The Bertz CT molecular complexity index is 1220. The Balaban J connectivity index is 1.78. The highest BCUT2D eigenvalue weighted by atomic mass is 16.5. The lowest BCUT2D eigenvalue weighted by Gasteiger charge is -2.30. The average Bonchev–Trinajstić information content (AvgIpc) is 3.42. The monoisotopic (exact) mass is 510 g/mol. The summed E-state index contributed by atoms with van der Waals surface area (Å²) in [6.07, 6.45) is 4.82. The number of aromatic nitrogens is 2. The largest absolute Gasteiger partial charge is 0.464 e. The number of carbonyl (C=O) groups is 3. The molecule has 2 amide bonds. The summed E-state index contributed by atoms with van der Waals surface area (Å²) in [5.74, 6) is -0.987. The van der Waals surface area contributed by atoms with Crippen molar-refractivity contribution in [1.29, 1.82) is 0 Å². The summed E-state index contributed by atoms with van der Waals surface area (Å²) < 4.78 is 12.6. The van der Waals surface area contributed by atoms with E-state index in [0.29, 0.717) is 13.1 Å². The van der Waals surface area contributed by atoms with E-state index in [1.807, 2.05) is 58.9 Å². The van der Waals surface area contributed by atoms with Crippen LogP contribution in [0, 0.1) is 11.3 Å². The molecule has 0 aliphatic rings. The molecule has 9 nitrogen and oxygen atoms in total. The maximum absolute atomic E-state index is 13.8. The van der Waals surface area contributed by atoms with Crippen LogP contribution in [0.25, 0.3) is 11.0 Å². The number of aryl methyl sites for hydroxylation is 1. The summed E-state index contributed by atoms with van der Waals surface area (Å²) >= 11 is 0. The number of imidazole rings is 1. The van der Waals surface area contributed by atoms with Gasteiger partial charge in [-0.2, -0.15) is 0 Å². The fourth-order valence-electron chi connectivity index (χ4n) is 4.06. The van der Waals surface area contributed by atoms with Gasteiger partial charge in [-0.05, 0) is 35.1 Å². The lowest BCUT2D eigenvalue weighted by molar-refractivity contribution is -0.149. The van der Waals surface area contributed by atoms with Crippen LogP contribution in [0.3, 0.4) is 0 Å². The van der Waals surface area contributed by atoms with Crippen molar-refractivity contribution >= 4 is 28.8 Å². The normalized spacial score (nSPS) is 12.5. The van der Waals surface area contributed by atoms with Gasteiger partial charge in [-0.3, -0.25) is 14.4 Å². The third-order valence-corrected chi connectivity index (χ3v) is 5.78. The molecule has 37 heavy (non-hydrogen) atoms. The van der Waals surface area contributed by atoms with Gasteiger partial charge in [0, 0.05) is 31.9 Å². The third-order valence-electron chi connectivity index (χ3n) is 5.78. The molecule has 3 aromatic rings. The molecule has 0 bridgehead atoms. The first kappa shape index (κ1) is 28.0. The number of amides is 2. The molecule has 200 valence electrons. The van der Waals surface area contributed by atoms with E-state index in [2.05, 4.69) is 10.3 Å². The number of hydrogen-bond acceptors (Lipinski definition) is 6. The van der Waals surface area contributed by atoms with Gasteiger partial charge in [0.25, 0.3) is 0 Å². The molecule has 9 heteroatoms. The maximum Gasteiger partial charge on any atom is 0.308 e. The Morgan fingerprint density at radius 2 is 1.95 bits per heavy atom. The molecule has 2 heterocycles. The predicted octanol–water partition coefficient (Wildman–Crippen LogP) is 4.21. The number of benzene rings is 1. The second kappa shape index (κ2) is 12.1. The summed E-state index contributed by atoms with van der Waals surface area (Å²) in [5.41, 5.74) is 2.16. The van der Waals surface area contributed by atoms with Crippen LogP contribution in [0.15, 0.2) is 47.5 Å². The number of furan rings is 1. The minimum atomic E-state index is -1.04. The van der Waals surface area contributed by atoms with E-state index in [9.17, 15) is 14.4 Å². The standard InChI is InChI=1S/C28H38N4O5/c1-19(2)15-32(16-20-7-8-24-21(11-20)9-10-36-24)27(35)23(30-25(33)13-28(3,4)5)12-26(34)37-17-22-14-29-18-31(22)6/h7-11,14,18-19,23H,12-13,15-17H2,1-6H3,(H,30,33)/t23-/m0/s1. The number of fused-ring (bicyclic) bond motifs is 1. The minimum Gasteiger partial charge on any atom is -0.464 e. The molecule has 1 aromatic carbocycles. The van der Waals surface area contributed by atoms with E-state index in [0.717, 1.165) is 22.2 Å². The van der Waals surface area contributed by atoms with Gasteiger partial charge in [0.2, 0.25) is 11.8 Å². The van der Waals surface area contributed by atoms with Gasteiger partial charge in [0.05, 0.1) is 30.9 Å². The number of carbonyl (C=O) groups excluding carboxylic acids is 3. The summed E-state index contributed by atoms with van der Waals surface area (Å²) in [7, 11) is 1.81. The number of esters is 1. The summed E-state index contributed by atoms with van der Waals surface area (Å²) in [4.78, 5) is 45.1. The summed E-state index contributed by atoms with van der Waals surface area (Å²) in [6.45, 7) is 10.7. The summed E-state index contributed by atoms with van der Waals surface area (Å²) in [6, 6.07) is 6.61. The van der Waals surface area contributed by atoms with E-state index in [1.54, 1.807) is 35.3 Å². The molecule has 0 aliphatic carbocycles. The molecule has 2 aromatic heterocycles. The molecule has 1 N–H and O–H groups in total. The van der Waals surface area contributed by atoms with Crippen molar-refractivity contribution in [3.8, 4) is 0 Å². The van der Waals surface area contributed by atoms with Gasteiger partial charge in [-0.15, -0.1) is 0 Å². The van der Waals surface area contributed by atoms with Crippen molar-refractivity contribution in [3.63, 3.8) is 0 Å². The zero-order valence-corrected chi connectivity index (χ0v) is 22.6. The zero-order valence-electron chi connectivity index (χ0n) is 22.6. The van der Waals surface area contributed by atoms with Gasteiger partial charge in [-0.25, -0.2) is 4.98 Å². The Morgan fingerprint density at radius 3 is 2.59 bits per heavy atom. The number of nitrogens with one attached hydrogen (secondary N) is 1. The predicted molar refractivity (Wildman–Crippen MR) is 140 cm³/mol. The van der Waals surface area contributed by atoms with Crippen LogP contribution in [0.1, 0.15) is 58.7 Å². The molecule has 0 spiro atoms. The fourth-order valence-corrected chi connectivity index (χ4v) is 4.06. The molecule has 0 unspecified atom stereocenters. The van der Waals surface area contributed by atoms with E-state index in [-0.39, 0.29) is 42.6 Å². The molecule has 0 saturated heterocycles. The molecular formula is C28H38N4O5. The van der Waals surface area contributed by atoms with Crippen LogP contribution in [0.5, 0.6) is 0 Å². The van der Waals surface area contributed by atoms with Crippen molar-refractivity contribution in [3.05, 3.63) is 54.3 Å². The fraction of sp³-hybridized carbons (Fsp3) is 0.500. The van der Waals surface area contributed by atoms with E-state index in [1.165, 1.54) is 0 Å². The zero-order chi connectivity index (χ0) is 27.2. The second-order valence-corrected chi connectivity index (χ2v) is 11.1. The molecule has 3 rings (SSSR count). The minimum absolute atomic E-state index is 0.0343. The Hall–Kier alpha value is -3.62. The Kier molecular flexibility index (Phi) is 9.13. The maximum atomic E-state index is 13.8. The van der Waals surface area contributed by atoms with Gasteiger partial charge >= 0.3 is 5.97 Å². The highest BCUT2D eigenvalue weighted by molar-refractivity contribution is 5.91. The van der Waals surface area contributed by atoms with E-state index < -0.39 is 12.0 Å². The Morgan fingerprint density at radius 1 is 1.19 bits per heavy atom. The molecular weight excluding hydrogens is 472 g/mol. The smallest absolute Gasteiger partial charge is 0.308 e. The van der Waals surface area contributed by atoms with E-state index >= 15 is 0 Å². The molecule has 0 radical (unpaired) electrons. The number of nitrogens with zero attached hydrogens (tertiary/aromatic N) is 3. The van der Waals surface area contributed by atoms with Crippen molar-refractivity contribution in [2.45, 2.75) is 66.7 Å². The molecule has 0 aliphatic heterocycles. The first-order chi connectivity index (χ1) is 17.4. The number of hydrogen-bond donors (Lipinski definition) is 1. The Labute approximate surface area is 218 Å². The first-order valence-electron chi connectivity index (χ1n) is 12.6. The van der Waals surface area contributed by atoms with Gasteiger partial charge in [-0.1, -0.05) is 40.7 Å². The second-order valence-electron chi connectivity index (χ2n) is 11.1. The van der Waals surface area contributed by atoms with Crippen LogP contribution < -0.4 is 5.32 Å². The lowest BCUT2D eigenvalue weighted by atomic mass is 9.91. The van der Waals surface area contributed by atoms with Crippen molar-refractivity contribution < 1.29 is 23.5 Å². The third kappa shape index (κ3) is 8.48. The van der Waals surface area contributed by atoms with Crippen molar-refractivity contribution in [2.24, 2.45) is 18.4 Å². The van der Waals surface area contributed by atoms with Crippen molar-refractivity contribution in [1.82, 2.24) is 19.8 Å². The van der Waals surface area contributed by atoms with Gasteiger partial charge in [0.1, 0.15) is 18.2 Å². The molecule has 1 atom stereocenters. The highest BCUT2D eigenvalue weighted by Gasteiger charge is 2.30. The van der Waals surface area contributed by atoms with Crippen molar-refractivity contribution in [2.75, 3.05) is 6.54 Å². The van der Waals surface area contributed by atoms with Gasteiger partial charge < -0.3 is 23.9 Å². The lowest BCUT2D eigenvalue weighted by Crippen LogP contribution is -2.50. The van der Waals surface area contributed by atoms with Crippen LogP contribution in [-0.4, -0.2) is 44.8 Å². The number of ether oxygens (including phenoxy) is 1. The van der Waals surface area contributed by atoms with Crippen LogP contribution in [0.2, 0.25) is 0 Å². The topological polar surface area (TPSA) is 107 Å². The average molecular weight is 511 g/mol. The highest BCUT2D eigenvalue weighted by Crippen LogP contribution is 2.21. The SMILES string of the molecule is CC(C)CN(Cc1ccc2occc2c1)C(=O)[C@H](CC(=O)OCc1cncn1C)NC(=O)CC(C)(C)C. The van der Waals surface area contributed by atoms with E-state index in [4.69, 9.17) is 9.15 Å². The quantitative estimate of drug-likeness (QED) is 0.388.